The van der Waals surface area contributed by atoms with Crippen molar-refractivity contribution in [3.8, 4) is 0 Å². The maximum absolute atomic E-state index is 5.61. The monoisotopic (exact) mass is 185 g/mol. The van der Waals surface area contributed by atoms with Crippen LogP contribution in [0.15, 0.2) is 0 Å². The molecule has 1 aliphatic carbocycles. The average molecular weight is 185 g/mol. The molecule has 0 bridgehead atoms. The highest BCUT2D eigenvalue weighted by molar-refractivity contribution is 4.69. The zero-order valence-electron chi connectivity index (χ0n) is 8.13. The fourth-order valence-electron chi connectivity index (χ4n) is 2.03. The van der Waals surface area contributed by atoms with Gasteiger partial charge in [-0.25, -0.2) is 0 Å². The van der Waals surface area contributed by atoms with Gasteiger partial charge in [-0.05, 0) is 25.7 Å². The van der Waals surface area contributed by atoms with Gasteiger partial charge in [-0.3, -0.25) is 4.84 Å². The van der Waals surface area contributed by atoms with E-state index >= 15 is 0 Å². The predicted octanol–water partition coefficient (Wildman–Crippen LogP) is 1.63. The number of hydrogen-bond acceptors (Lipinski definition) is 3. The molecular formula is C10H19NO2. The highest BCUT2D eigenvalue weighted by atomic mass is 16.7. The average Bonchev–Trinajstić information content (AvgIpc) is 2.69. The van der Waals surface area contributed by atoms with Crippen LogP contribution in [0.4, 0.5) is 0 Å². The molecule has 2 aliphatic rings. The van der Waals surface area contributed by atoms with Crippen molar-refractivity contribution in [2.45, 2.75) is 50.7 Å². The van der Waals surface area contributed by atoms with Gasteiger partial charge in [0.05, 0.1) is 18.8 Å². The van der Waals surface area contributed by atoms with Crippen LogP contribution >= 0.6 is 0 Å². The molecule has 76 valence electrons. The lowest BCUT2D eigenvalue weighted by molar-refractivity contribution is -0.0691. The van der Waals surface area contributed by atoms with Gasteiger partial charge in [0.25, 0.3) is 0 Å². The lowest BCUT2D eigenvalue weighted by Crippen LogP contribution is -2.38. The Balaban J connectivity index is 1.60. The first-order valence-electron chi connectivity index (χ1n) is 5.44. The van der Waals surface area contributed by atoms with E-state index in [1.165, 1.54) is 32.1 Å². The molecule has 0 aromatic rings. The van der Waals surface area contributed by atoms with Gasteiger partial charge in [-0.2, -0.15) is 5.48 Å². The molecular weight excluding hydrogens is 166 g/mol. The van der Waals surface area contributed by atoms with E-state index in [4.69, 9.17) is 9.57 Å². The minimum Gasteiger partial charge on any atom is -0.380 e. The zero-order chi connectivity index (χ0) is 8.93. The first-order chi connectivity index (χ1) is 6.45. The molecule has 0 spiro atoms. The molecule has 1 saturated carbocycles. The summed E-state index contributed by atoms with van der Waals surface area (Å²) in [7, 11) is 0. The van der Waals surface area contributed by atoms with Crippen LogP contribution in [0, 0.1) is 0 Å². The van der Waals surface area contributed by atoms with E-state index in [2.05, 4.69) is 5.48 Å². The first kappa shape index (κ1) is 9.44. The second-order valence-corrected chi connectivity index (χ2v) is 4.06. The van der Waals surface area contributed by atoms with Crippen LogP contribution in [0.1, 0.15) is 38.5 Å². The number of nitrogens with one attached hydrogen (secondary N) is 1. The van der Waals surface area contributed by atoms with E-state index in [0.29, 0.717) is 12.1 Å². The minimum atomic E-state index is 0.425. The molecule has 1 unspecified atom stereocenters. The lowest BCUT2D eigenvalue weighted by Gasteiger charge is -2.24. The Bertz CT molecular complexity index is 140. The van der Waals surface area contributed by atoms with Crippen molar-refractivity contribution in [1.29, 1.82) is 0 Å². The molecule has 2 rings (SSSR count). The van der Waals surface area contributed by atoms with Gasteiger partial charge in [-0.15, -0.1) is 0 Å². The summed E-state index contributed by atoms with van der Waals surface area (Å²) in [5, 5.41) is 0. The summed E-state index contributed by atoms with van der Waals surface area (Å²) >= 11 is 0. The van der Waals surface area contributed by atoms with E-state index in [-0.39, 0.29) is 0 Å². The van der Waals surface area contributed by atoms with Crippen molar-refractivity contribution in [2.24, 2.45) is 0 Å². The van der Waals surface area contributed by atoms with Gasteiger partial charge in [0.1, 0.15) is 0 Å². The Morgan fingerprint density at radius 3 is 2.62 bits per heavy atom. The van der Waals surface area contributed by atoms with Crippen LogP contribution in [-0.4, -0.2) is 25.4 Å². The molecule has 1 saturated heterocycles. The Morgan fingerprint density at radius 2 is 1.92 bits per heavy atom. The van der Waals surface area contributed by atoms with Gasteiger partial charge < -0.3 is 4.74 Å². The Hall–Kier alpha value is -0.120. The second kappa shape index (κ2) is 4.94. The van der Waals surface area contributed by atoms with Crippen LogP contribution in [-0.2, 0) is 9.57 Å². The van der Waals surface area contributed by atoms with Gasteiger partial charge in [0, 0.05) is 6.61 Å². The predicted molar refractivity (Wildman–Crippen MR) is 50.3 cm³/mol. The largest absolute Gasteiger partial charge is 0.380 e. The molecule has 0 aromatic heterocycles. The topological polar surface area (TPSA) is 30.5 Å². The van der Waals surface area contributed by atoms with Crippen LogP contribution in [0.2, 0.25) is 0 Å². The summed E-state index contributed by atoms with van der Waals surface area (Å²) in [6, 6.07) is 0.425. The maximum Gasteiger partial charge on any atom is 0.0790 e. The molecule has 13 heavy (non-hydrogen) atoms. The van der Waals surface area contributed by atoms with Gasteiger partial charge >= 0.3 is 0 Å². The zero-order valence-corrected chi connectivity index (χ0v) is 8.13. The van der Waals surface area contributed by atoms with Gasteiger partial charge in [0.15, 0.2) is 0 Å². The van der Waals surface area contributed by atoms with E-state index in [1.54, 1.807) is 0 Å². The standard InChI is InChI=1S/C10H19NO2/c1-2-6-10(5-1)13-11-9-4-3-7-12-8-9/h9-11H,1-8H2. The van der Waals surface area contributed by atoms with Gasteiger partial charge in [0.2, 0.25) is 0 Å². The fraction of sp³-hybridized carbons (Fsp3) is 1.00. The van der Waals surface area contributed by atoms with Crippen molar-refractivity contribution in [2.75, 3.05) is 13.2 Å². The molecule has 0 aromatic carbocycles. The van der Waals surface area contributed by atoms with E-state index in [0.717, 1.165) is 19.6 Å². The summed E-state index contributed by atoms with van der Waals surface area (Å²) in [6.45, 7) is 1.73. The Morgan fingerprint density at radius 1 is 1.08 bits per heavy atom. The molecule has 1 atom stereocenters. The Kier molecular flexibility index (Phi) is 3.58. The molecule has 1 aliphatic heterocycles. The van der Waals surface area contributed by atoms with Crippen molar-refractivity contribution in [1.82, 2.24) is 5.48 Å². The number of rotatable bonds is 3. The van der Waals surface area contributed by atoms with E-state index in [9.17, 15) is 0 Å². The van der Waals surface area contributed by atoms with Crippen molar-refractivity contribution < 1.29 is 9.57 Å². The molecule has 3 heteroatoms. The lowest BCUT2D eigenvalue weighted by atomic mass is 10.1. The molecule has 1 N–H and O–H groups in total. The highest BCUT2D eigenvalue weighted by Crippen LogP contribution is 2.20. The summed E-state index contributed by atoms with van der Waals surface area (Å²) in [5.41, 5.74) is 3.14. The number of hydroxylamine groups is 1. The maximum atomic E-state index is 5.61. The first-order valence-corrected chi connectivity index (χ1v) is 5.44. The second-order valence-electron chi connectivity index (χ2n) is 4.06. The fourth-order valence-corrected chi connectivity index (χ4v) is 2.03. The van der Waals surface area contributed by atoms with Crippen LogP contribution < -0.4 is 5.48 Å². The Labute approximate surface area is 79.7 Å². The molecule has 1 heterocycles. The smallest absolute Gasteiger partial charge is 0.0790 e. The van der Waals surface area contributed by atoms with Gasteiger partial charge in [-0.1, -0.05) is 12.8 Å². The normalized spacial score (nSPS) is 30.9. The SMILES string of the molecule is C1COCC(NOC2CCCC2)C1. The molecule has 3 nitrogen and oxygen atoms in total. The summed E-state index contributed by atoms with van der Waals surface area (Å²) in [5.74, 6) is 0. The van der Waals surface area contributed by atoms with Crippen molar-refractivity contribution in [3.63, 3.8) is 0 Å². The van der Waals surface area contributed by atoms with Crippen molar-refractivity contribution >= 4 is 0 Å². The van der Waals surface area contributed by atoms with E-state index in [1.807, 2.05) is 0 Å². The summed E-state index contributed by atoms with van der Waals surface area (Å²) in [6.07, 6.45) is 7.91. The van der Waals surface area contributed by atoms with Crippen LogP contribution in [0.25, 0.3) is 0 Å². The third-order valence-electron chi connectivity index (χ3n) is 2.86. The third kappa shape index (κ3) is 2.93. The van der Waals surface area contributed by atoms with Crippen LogP contribution in [0.3, 0.4) is 0 Å². The molecule has 2 fully saturated rings. The molecule has 0 amide bonds. The summed E-state index contributed by atoms with van der Waals surface area (Å²) < 4.78 is 5.35. The quantitative estimate of drug-likeness (QED) is 0.678. The molecule has 0 radical (unpaired) electrons. The summed E-state index contributed by atoms with van der Waals surface area (Å²) in [4.78, 5) is 5.61. The number of hydrogen-bond donors (Lipinski definition) is 1. The third-order valence-corrected chi connectivity index (χ3v) is 2.86. The van der Waals surface area contributed by atoms with Crippen LogP contribution in [0.5, 0.6) is 0 Å². The minimum absolute atomic E-state index is 0.425. The number of ether oxygens (including phenoxy) is 1. The van der Waals surface area contributed by atoms with E-state index < -0.39 is 0 Å². The highest BCUT2D eigenvalue weighted by Gasteiger charge is 2.19. The van der Waals surface area contributed by atoms with Crippen molar-refractivity contribution in [3.05, 3.63) is 0 Å².